The number of rotatable bonds is 7. The molecule has 1 aromatic heterocycles. The van der Waals surface area contributed by atoms with Gasteiger partial charge >= 0.3 is 0 Å². The molecule has 0 saturated heterocycles. The van der Waals surface area contributed by atoms with Gasteiger partial charge in [0, 0.05) is 11.8 Å². The zero-order chi connectivity index (χ0) is 20.9. The van der Waals surface area contributed by atoms with Crippen LogP contribution in [-0.2, 0) is 11.2 Å². The van der Waals surface area contributed by atoms with Gasteiger partial charge in [0.2, 0.25) is 11.0 Å². The summed E-state index contributed by atoms with van der Waals surface area (Å²) in [4.78, 5) is 12.8. The fraction of sp³-hybridized carbons (Fsp3) is 0.318. The molecule has 0 spiro atoms. The molecule has 6 nitrogen and oxygen atoms in total. The molecule has 2 atom stereocenters. The smallest absolute Gasteiger partial charge is 0.233 e. The zero-order valence-electron chi connectivity index (χ0n) is 16.9. The number of nitrogens with one attached hydrogen (secondary N) is 2. The molecule has 8 heteroatoms. The number of aromatic nitrogens is 2. The van der Waals surface area contributed by atoms with Crippen LogP contribution in [0.1, 0.15) is 36.9 Å². The highest BCUT2D eigenvalue weighted by Gasteiger charge is 2.24. The molecule has 156 valence electrons. The molecule has 0 fully saturated rings. The first-order valence-corrected chi connectivity index (χ1v) is 11.6. The monoisotopic (exact) mass is 440 g/mol. The van der Waals surface area contributed by atoms with E-state index in [-0.39, 0.29) is 17.2 Å². The summed E-state index contributed by atoms with van der Waals surface area (Å²) in [5, 5.41) is 15.3. The van der Waals surface area contributed by atoms with Gasteiger partial charge in [-0.1, -0.05) is 53.4 Å². The molecule has 0 bridgehead atoms. The molecule has 1 amide bonds. The van der Waals surface area contributed by atoms with Gasteiger partial charge < -0.3 is 15.4 Å². The molecule has 1 heterocycles. The predicted molar refractivity (Wildman–Crippen MR) is 122 cm³/mol. The first-order chi connectivity index (χ1) is 14.6. The molecule has 1 aliphatic rings. The zero-order valence-corrected chi connectivity index (χ0v) is 18.6. The van der Waals surface area contributed by atoms with Crippen molar-refractivity contribution in [2.45, 2.75) is 41.8 Å². The van der Waals surface area contributed by atoms with E-state index >= 15 is 0 Å². The molecule has 1 aliphatic carbocycles. The number of methoxy groups -OCH3 is 1. The first kappa shape index (κ1) is 20.7. The van der Waals surface area contributed by atoms with Crippen molar-refractivity contribution in [1.82, 2.24) is 15.5 Å². The standard InChI is InChI=1S/C22H24N4O2S2/c1-14(20(27)24-19-12-5-8-15-7-3-4-11-18(15)19)29-22-26-25-21(30-22)23-16-9-6-10-17(13-16)28-2/h3-4,6-7,9-11,13-14,19H,5,8,12H2,1-2H3,(H,23,25)(H,24,27)/t14-,19-/m0/s1. The summed E-state index contributed by atoms with van der Waals surface area (Å²) in [5.74, 6) is 0.799. The van der Waals surface area contributed by atoms with Crippen LogP contribution in [0.2, 0.25) is 0 Å². The number of hydrogen-bond donors (Lipinski definition) is 2. The molecular formula is C22H24N4O2S2. The third-order valence-corrected chi connectivity index (χ3v) is 7.08. The van der Waals surface area contributed by atoms with Crippen molar-refractivity contribution < 1.29 is 9.53 Å². The Morgan fingerprint density at radius 3 is 2.97 bits per heavy atom. The molecule has 0 saturated carbocycles. The number of amides is 1. The van der Waals surface area contributed by atoms with Crippen molar-refractivity contribution in [1.29, 1.82) is 0 Å². The lowest BCUT2D eigenvalue weighted by Gasteiger charge is -2.27. The van der Waals surface area contributed by atoms with Crippen molar-refractivity contribution in [2.24, 2.45) is 0 Å². The number of aryl methyl sites for hydroxylation is 1. The number of hydrogen-bond acceptors (Lipinski definition) is 7. The van der Waals surface area contributed by atoms with Crippen LogP contribution in [0.4, 0.5) is 10.8 Å². The lowest BCUT2D eigenvalue weighted by molar-refractivity contribution is -0.121. The largest absolute Gasteiger partial charge is 0.497 e. The number of anilines is 2. The number of nitrogens with zero attached hydrogens (tertiary/aromatic N) is 2. The van der Waals surface area contributed by atoms with Crippen LogP contribution in [0.25, 0.3) is 0 Å². The van der Waals surface area contributed by atoms with Gasteiger partial charge in [-0.25, -0.2) is 0 Å². The highest BCUT2D eigenvalue weighted by molar-refractivity contribution is 8.02. The van der Waals surface area contributed by atoms with Crippen molar-refractivity contribution >= 4 is 39.8 Å². The minimum Gasteiger partial charge on any atom is -0.497 e. The normalized spacial score (nSPS) is 16.4. The van der Waals surface area contributed by atoms with E-state index in [2.05, 4.69) is 39.0 Å². The average molecular weight is 441 g/mol. The SMILES string of the molecule is COc1cccc(Nc2nnc(S[C@@H](C)C(=O)N[C@H]3CCCc4ccccc43)s2)c1. The van der Waals surface area contributed by atoms with Crippen molar-refractivity contribution in [2.75, 3.05) is 12.4 Å². The lowest BCUT2D eigenvalue weighted by atomic mass is 9.88. The highest BCUT2D eigenvalue weighted by atomic mass is 32.2. The maximum atomic E-state index is 12.8. The minimum atomic E-state index is -0.253. The Kier molecular flexibility index (Phi) is 6.54. The summed E-state index contributed by atoms with van der Waals surface area (Å²) < 4.78 is 6.00. The van der Waals surface area contributed by atoms with Crippen LogP contribution in [-0.4, -0.2) is 28.5 Å². The number of carbonyl (C=O) groups excluding carboxylic acids is 1. The van der Waals surface area contributed by atoms with Crippen LogP contribution in [0, 0.1) is 0 Å². The molecule has 30 heavy (non-hydrogen) atoms. The predicted octanol–water partition coefficient (Wildman–Crippen LogP) is 4.96. The Morgan fingerprint density at radius 2 is 2.10 bits per heavy atom. The summed E-state index contributed by atoms with van der Waals surface area (Å²) in [6.45, 7) is 1.91. The van der Waals surface area contributed by atoms with Crippen LogP contribution >= 0.6 is 23.1 Å². The van der Waals surface area contributed by atoms with Crippen molar-refractivity contribution in [3.05, 3.63) is 59.7 Å². The highest BCUT2D eigenvalue weighted by Crippen LogP contribution is 2.33. The molecule has 4 rings (SSSR count). The molecule has 2 N–H and O–H groups in total. The summed E-state index contributed by atoms with van der Waals surface area (Å²) in [5.41, 5.74) is 3.46. The number of fused-ring (bicyclic) bond motifs is 1. The second-order valence-electron chi connectivity index (χ2n) is 7.14. The Hall–Kier alpha value is -2.58. The Balaban J connectivity index is 1.35. The lowest BCUT2D eigenvalue weighted by Crippen LogP contribution is -2.35. The van der Waals surface area contributed by atoms with Crippen LogP contribution < -0.4 is 15.4 Å². The second kappa shape index (κ2) is 9.49. The van der Waals surface area contributed by atoms with Crippen LogP contribution in [0.15, 0.2) is 52.9 Å². The summed E-state index contributed by atoms with van der Waals surface area (Å²) in [6, 6.07) is 16.1. The molecule has 0 aliphatic heterocycles. The second-order valence-corrected chi connectivity index (χ2v) is 9.71. The first-order valence-electron chi connectivity index (χ1n) is 9.92. The van der Waals surface area contributed by atoms with Crippen molar-refractivity contribution in [3.63, 3.8) is 0 Å². The van der Waals surface area contributed by atoms with E-state index < -0.39 is 0 Å². The van der Waals surface area contributed by atoms with Gasteiger partial charge in [0.1, 0.15) is 5.75 Å². The molecule has 0 radical (unpaired) electrons. The van der Waals surface area contributed by atoms with E-state index in [1.807, 2.05) is 37.3 Å². The minimum absolute atomic E-state index is 0.0270. The van der Waals surface area contributed by atoms with Crippen LogP contribution in [0.5, 0.6) is 5.75 Å². The van der Waals surface area contributed by atoms with E-state index in [1.165, 1.54) is 34.2 Å². The number of carbonyl (C=O) groups is 1. The third-order valence-electron chi connectivity index (χ3n) is 5.06. The van der Waals surface area contributed by atoms with E-state index in [0.29, 0.717) is 5.13 Å². The van der Waals surface area contributed by atoms with Gasteiger partial charge in [-0.15, -0.1) is 10.2 Å². The Bertz CT molecular complexity index is 1020. The number of ether oxygens (including phenoxy) is 1. The van der Waals surface area contributed by atoms with Gasteiger partial charge in [-0.2, -0.15) is 0 Å². The summed E-state index contributed by atoms with van der Waals surface area (Å²) >= 11 is 2.86. The summed E-state index contributed by atoms with van der Waals surface area (Å²) in [7, 11) is 1.64. The topological polar surface area (TPSA) is 76.1 Å². The average Bonchev–Trinajstić information content (AvgIpc) is 3.20. The van der Waals surface area contributed by atoms with Gasteiger partial charge in [-0.3, -0.25) is 4.79 Å². The molecular weight excluding hydrogens is 416 g/mol. The molecule has 2 aromatic carbocycles. The van der Waals surface area contributed by atoms with E-state index in [1.54, 1.807) is 7.11 Å². The Labute approximate surface area is 184 Å². The van der Waals surface area contributed by atoms with Gasteiger partial charge in [0.25, 0.3) is 0 Å². The van der Waals surface area contributed by atoms with E-state index in [9.17, 15) is 4.79 Å². The molecule has 3 aromatic rings. The maximum absolute atomic E-state index is 12.8. The maximum Gasteiger partial charge on any atom is 0.233 e. The van der Waals surface area contributed by atoms with Gasteiger partial charge in [0.15, 0.2) is 4.34 Å². The fourth-order valence-corrected chi connectivity index (χ4v) is 5.46. The Morgan fingerprint density at radius 1 is 1.23 bits per heavy atom. The van der Waals surface area contributed by atoms with Crippen LogP contribution in [0.3, 0.4) is 0 Å². The van der Waals surface area contributed by atoms with Gasteiger partial charge in [-0.05, 0) is 49.4 Å². The van der Waals surface area contributed by atoms with Gasteiger partial charge in [0.05, 0.1) is 18.4 Å². The fourth-order valence-electron chi connectivity index (χ4n) is 3.53. The van der Waals surface area contributed by atoms with E-state index in [0.717, 1.165) is 35.0 Å². The third kappa shape index (κ3) is 4.94. The number of benzene rings is 2. The van der Waals surface area contributed by atoms with E-state index in [4.69, 9.17) is 4.74 Å². The quantitative estimate of drug-likeness (QED) is 0.506. The molecule has 0 unspecified atom stereocenters. The van der Waals surface area contributed by atoms with Crippen molar-refractivity contribution in [3.8, 4) is 5.75 Å². The number of thioether (sulfide) groups is 1. The summed E-state index contributed by atoms with van der Waals surface area (Å²) in [6.07, 6.45) is 3.16.